The largest absolute Gasteiger partial charge is 0.490 e. The molecule has 2 aromatic rings. The van der Waals surface area contributed by atoms with Crippen LogP contribution in [0.15, 0.2) is 47.5 Å². The lowest BCUT2D eigenvalue weighted by Gasteiger charge is -2.13. The third kappa shape index (κ3) is 6.91. The Labute approximate surface area is 210 Å². The van der Waals surface area contributed by atoms with Gasteiger partial charge in [0.1, 0.15) is 0 Å². The fraction of sp³-hybridized carbons (Fsp3) is 0.440. The minimum Gasteiger partial charge on any atom is -0.490 e. The Kier molecular flexibility index (Phi) is 8.22. The molecule has 0 aromatic heterocycles. The second kappa shape index (κ2) is 11.3. The van der Waals surface area contributed by atoms with Crippen LogP contribution in [0.3, 0.4) is 0 Å². The molecule has 0 aliphatic carbocycles. The topological polar surface area (TPSA) is 106 Å². The minimum atomic E-state index is -2.95. The molecule has 0 saturated carbocycles. The van der Waals surface area contributed by atoms with Gasteiger partial charge < -0.3 is 20.1 Å². The highest BCUT2D eigenvalue weighted by molar-refractivity contribution is 8.15. The van der Waals surface area contributed by atoms with Crippen molar-refractivity contribution in [3.05, 3.63) is 53.6 Å². The van der Waals surface area contributed by atoms with Crippen LogP contribution in [0, 0.1) is 0 Å². The number of hydrogen-bond acceptors (Lipinski definition) is 8. The number of aliphatic imine (C=N–C) groups is 1. The van der Waals surface area contributed by atoms with Gasteiger partial charge in [-0.3, -0.25) is 9.79 Å². The summed E-state index contributed by atoms with van der Waals surface area (Å²) in [6, 6.07) is 13.4. The predicted molar refractivity (Wildman–Crippen MR) is 141 cm³/mol. The van der Waals surface area contributed by atoms with E-state index < -0.39 is 9.84 Å². The van der Waals surface area contributed by atoms with Crippen molar-refractivity contribution in [1.82, 2.24) is 5.32 Å². The zero-order chi connectivity index (χ0) is 24.8. The van der Waals surface area contributed by atoms with Crippen LogP contribution in [0.2, 0.25) is 0 Å². The number of nitrogens with zero attached hydrogens (tertiary/aromatic N) is 1. The summed E-state index contributed by atoms with van der Waals surface area (Å²) in [5.74, 6) is 1.75. The van der Waals surface area contributed by atoms with Gasteiger partial charge in [-0.1, -0.05) is 30.0 Å². The van der Waals surface area contributed by atoms with Gasteiger partial charge in [-0.2, -0.15) is 0 Å². The van der Waals surface area contributed by atoms with Crippen molar-refractivity contribution in [3.63, 3.8) is 0 Å². The van der Waals surface area contributed by atoms with Gasteiger partial charge in [-0.25, -0.2) is 8.42 Å². The Morgan fingerprint density at radius 3 is 2.46 bits per heavy atom. The maximum Gasteiger partial charge on any atom is 0.224 e. The van der Waals surface area contributed by atoms with Crippen LogP contribution in [0.25, 0.3) is 0 Å². The third-order valence-electron chi connectivity index (χ3n) is 5.73. The fourth-order valence-corrected chi connectivity index (χ4v) is 7.77. The highest BCUT2D eigenvalue weighted by Gasteiger charge is 2.42. The normalized spacial score (nSPS) is 20.1. The van der Waals surface area contributed by atoms with Crippen molar-refractivity contribution in [2.24, 2.45) is 4.99 Å². The lowest BCUT2D eigenvalue weighted by Crippen LogP contribution is -2.27. The molecule has 35 heavy (non-hydrogen) atoms. The molecule has 10 heteroatoms. The first kappa shape index (κ1) is 25.4. The highest BCUT2D eigenvalue weighted by Crippen LogP contribution is 2.34. The molecule has 0 spiro atoms. The van der Waals surface area contributed by atoms with E-state index in [2.05, 4.69) is 15.6 Å². The van der Waals surface area contributed by atoms with E-state index in [4.69, 9.17) is 9.47 Å². The average molecular weight is 518 g/mol. The van der Waals surface area contributed by atoms with Gasteiger partial charge in [-0.05, 0) is 55.7 Å². The van der Waals surface area contributed by atoms with Crippen molar-refractivity contribution in [2.45, 2.75) is 38.0 Å². The maximum atomic E-state index is 12.4. The summed E-state index contributed by atoms with van der Waals surface area (Å²) in [5.41, 5.74) is 2.85. The fourth-order valence-electron chi connectivity index (χ4n) is 4.09. The summed E-state index contributed by atoms with van der Waals surface area (Å²) < 4.78 is 34.7. The number of amides is 1. The van der Waals surface area contributed by atoms with Gasteiger partial charge in [0.15, 0.2) is 26.5 Å². The van der Waals surface area contributed by atoms with E-state index in [1.165, 1.54) is 11.8 Å². The number of amidine groups is 1. The molecule has 2 atom stereocenters. The number of ether oxygens (including phenoxy) is 2. The van der Waals surface area contributed by atoms with Crippen LogP contribution < -0.4 is 20.1 Å². The first-order valence-electron chi connectivity index (χ1n) is 11.8. The van der Waals surface area contributed by atoms with Gasteiger partial charge in [0.05, 0.1) is 37.2 Å². The number of hydrogen-bond donors (Lipinski definition) is 2. The van der Waals surface area contributed by atoms with Crippen LogP contribution in [0.1, 0.15) is 25.0 Å². The van der Waals surface area contributed by atoms with E-state index in [9.17, 15) is 13.2 Å². The Morgan fingerprint density at radius 2 is 1.74 bits per heavy atom. The number of thioether (sulfide) groups is 1. The number of fused-ring (bicyclic) bond motifs is 1. The molecule has 2 N–H and O–H groups in total. The Hall–Kier alpha value is -2.72. The third-order valence-corrected chi connectivity index (χ3v) is 8.87. The zero-order valence-electron chi connectivity index (χ0n) is 20.0. The first-order chi connectivity index (χ1) is 16.8. The van der Waals surface area contributed by atoms with E-state index in [1.807, 2.05) is 56.3 Å². The summed E-state index contributed by atoms with van der Waals surface area (Å²) >= 11 is 1.49. The molecule has 2 aliphatic heterocycles. The van der Waals surface area contributed by atoms with E-state index in [0.29, 0.717) is 32.6 Å². The Morgan fingerprint density at radius 1 is 1.03 bits per heavy atom. The molecular weight excluding hydrogens is 486 g/mol. The molecule has 2 aliphatic rings. The van der Waals surface area contributed by atoms with Crippen LogP contribution in [0.4, 0.5) is 5.69 Å². The van der Waals surface area contributed by atoms with Crippen molar-refractivity contribution < 1.29 is 22.7 Å². The van der Waals surface area contributed by atoms with Crippen LogP contribution in [-0.2, 0) is 27.5 Å². The predicted octanol–water partition coefficient (Wildman–Crippen LogP) is 3.07. The summed E-state index contributed by atoms with van der Waals surface area (Å²) in [5, 5.41) is 6.99. The number of benzene rings is 2. The maximum absolute atomic E-state index is 12.4. The second-order valence-electron chi connectivity index (χ2n) is 8.48. The van der Waals surface area contributed by atoms with E-state index >= 15 is 0 Å². The van der Waals surface area contributed by atoms with Crippen molar-refractivity contribution in [2.75, 3.05) is 36.6 Å². The number of rotatable bonds is 10. The van der Waals surface area contributed by atoms with Gasteiger partial charge in [-0.15, -0.1) is 0 Å². The van der Waals surface area contributed by atoms with E-state index in [-0.39, 0.29) is 28.7 Å². The molecular formula is C25H31N3O5S2. The number of sulfone groups is 1. The monoisotopic (exact) mass is 517 g/mol. The first-order valence-corrected chi connectivity index (χ1v) is 14.5. The molecule has 0 bridgehead atoms. The summed E-state index contributed by atoms with van der Waals surface area (Å²) in [6.45, 7) is 5.55. The lowest BCUT2D eigenvalue weighted by molar-refractivity contribution is -0.120. The minimum absolute atomic E-state index is 0.0128. The number of anilines is 1. The number of carbonyl (C=O) groups is 1. The zero-order valence-corrected chi connectivity index (χ0v) is 21.6. The molecule has 0 unspecified atom stereocenters. The van der Waals surface area contributed by atoms with Crippen LogP contribution in [0.5, 0.6) is 11.5 Å². The number of carbonyl (C=O) groups excluding carboxylic acids is 1. The SMILES string of the molecule is CCOc1ccc(CCNC(=O)Cc2ccc(NC3=N[C@H]4CS(=O)(=O)C[C@H]4S3)cc2)cc1OCC. The Balaban J connectivity index is 1.22. The molecule has 2 aromatic carbocycles. The van der Waals surface area contributed by atoms with Crippen molar-refractivity contribution in [3.8, 4) is 11.5 Å². The molecule has 1 saturated heterocycles. The summed E-state index contributed by atoms with van der Waals surface area (Å²) in [7, 11) is -2.95. The molecule has 8 nitrogen and oxygen atoms in total. The molecule has 2 heterocycles. The van der Waals surface area contributed by atoms with Crippen LogP contribution in [-0.4, -0.2) is 62.0 Å². The highest BCUT2D eigenvalue weighted by atomic mass is 32.2. The van der Waals surface area contributed by atoms with Gasteiger partial charge in [0, 0.05) is 17.5 Å². The quantitative estimate of drug-likeness (QED) is 0.499. The van der Waals surface area contributed by atoms with Gasteiger partial charge in [0.25, 0.3) is 0 Å². The van der Waals surface area contributed by atoms with Crippen molar-refractivity contribution >= 4 is 38.4 Å². The van der Waals surface area contributed by atoms with Crippen molar-refractivity contribution in [1.29, 1.82) is 0 Å². The van der Waals surface area contributed by atoms with Crippen LogP contribution >= 0.6 is 11.8 Å². The Bertz CT molecular complexity index is 1180. The molecule has 1 amide bonds. The smallest absolute Gasteiger partial charge is 0.224 e. The second-order valence-corrected chi connectivity index (χ2v) is 11.9. The molecule has 1 fully saturated rings. The standard InChI is InChI=1S/C25H31N3O5S2/c1-3-32-21-10-7-18(13-22(21)33-4-2)11-12-26-24(29)14-17-5-8-19(9-6-17)27-25-28-20-15-35(30,31)16-23(20)34-25/h5-10,13,20,23H,3-4,11-12,14-16H2,1-2H3,(H,26,29)(H,27,28)/t20-,23+/m0/s1. The molecule has 188 valence electrons. The summed E-state index contributed by atoms with van der Waals surface area (Å²) in [6.07, 6.45) is 0.996. The number of nitrogens with one attached hydrogen (secondary N) is 2. The average Bonchev–Trinajstić information content (AvgIpc) is 3.29. The van der Waals surface area contributed by atoms with Gasteiger partial charge in [0.2, 0.25) is 5.91 Å². The van der Waals surface area contributed by atoms with E-state index in [1.54, 1.807) is 0 Å². The molecule has 0 radical (unpaired) electrons. The lowest BCUT2D eigenvalue weighted by atomic mass is 10.1. The van der Waals surface area contributed by atoms with E-state index in [0.717, 1.165) is 33.5 Å². The molecule has 4 rings (SSSR count). The van der Waals surface area contributed by atoms with Gasteiger partial charge >= 0.3 is 0 Å². The summed E-state index contributed by atoms with van der Waals surface area (Å²) in [4.78, 5) is 16.9.